The molecule has 3 heterocycles. The number of aromatic hydroxyl groups is 1. The molecule has 28 heavy (non-hydrogen) atoms. The van der Waals surface area contributed by atoms with Crippen LogP contribution in [0.25, 0.3) is 28.2 Å². The first-order valence-corrected chi connectivity index (χ1v) is 8.88. The smallest absolute Gasteiger partial charge is 0.231 e. The van der Waals surface area contributed by atoms with Crippen molar-refractivity contribution in [3.05, 3.63) is 83.9 Å². The highest BCUT2D eigenvalue weighted by Crippen LogP contribution is 2.37. The van der Waals surface area contributed by atoms with Crippen molar-refractivity contribution in [2.24, 2.45) is 7.05 Å². The summed E-state index contributed by atoms with van der Waals surface area (Å²) in [5, 5.41) is 10.6. The molecule has 1 N–H and O–H groups in total. The van der Waals surface area contributed by atoms with Gasteiger partial charge >= 0.3 is 0 Å². The van der Waals surface area contributed by atoms with E-state index in [0.29, 0.717) is 11.3 Å². The number of benzene rings is 2. The van der Waals surface area contributed by atoms with Crippen molar-refractivity contribution >= 4 is 22.9 Å². The van der Waals surface area contributed by atoms with E-state index in [4.69, 9.17) is 4.74 Å². The number of nitrogens with zero attached hydrogens (tertiary/aromatic N) is 2. The lowest BCUT2D eigenvalue weighted by molar-refractivity contribution is 0.101. The van der Waals surface area contributed by atoms with E-state index in [-0.39, 0.29) is 17.3 Å². The lowest BCUT2D eigenvalue weighted by Gasteiger charge is -2.05. The van der Waals surface area contributed by atoms with Gasteiger partial charge in [-0.2, -0.15) is 0 Å². The number of ether oxygens (including phenoxy) is 1. The molecule has 0 radical (unpaired) electrons. The van der Waals surface area contributed by atoms with Crippen LogP contribution in [0.4, 0.5) is 0 Å². The van der Waals surface area contributed by atoms with Crippen molar-refractivity contribution in [2.75, 3.05) is 0 Å². The van der Waals surface area contributed by atoms with Gasteiger partial charge in [-0.05, 0) is 35.4 Å². The van der Waals surface area contributed by atoms with Gasteiger partial charge in [0.15, 0.2) is 5.76 Å². The van der Waals surface area contributed by atoms with Gasteiger partial charge in [-0.15, -0.1) is 0 Å². The fourth-order valence-electron chi connectivity index (χ4n) is 3.62. The first-order chi connectivity index (χ1) is 13.6. The third-order valence-electron chi connectivity index (χ3n) is 4.91. The molecule has 0 aliphatic carbocycles. The molecule has 1 aliphatic heterocycles. The number of aryl methyl sites for hydroxylation is 1. The minimum absolute atomic E-state index is 0.0634. The SMILES string of the molecule is Cn1cc(C=C2Oc3cc(O)ccc3C2=O)c2c(-c3ccccc3)ccnc21. The van der Waals surface area contributed by atoms with Gasteiger partial charge in [-0.3, -0.25) is 4.79 Å². The van der Waals surface area contributed by atoms with Crippen LogP contribution in [0.5, 0.6) is 11.5 Å². The molecular weight excluding hydrogens is 352 g/mol. The second-order valence-corrected chi connectivity index (χ2v) is 6.74. The van der Waals surface area contributed by atoms with Crippen LogP contribution in [0.3, 0.4) is 0 Å². The number of phenols is 1. The second-order valence-electron chi connectivity index (χ2n) is 6.74. The number of Topliss-reactive ketones (excluding diaryl/α,β-unsaturated/α-hetero) is 1. The van der Waals surface area contributed by atoms with E-state index in [1.807, 2.05) is 42.1 Å². The summed E-state index contributed by atoms with van der Waals surface area (Å²) < 4.78 is 7.67. The van der Waals surface area contributed by atoms with Gasteiger partial charge in [0.2, 0.25) is 5.78 Å². The van der Waals surface area contributed by atoms with Gasteiger partial charge < -0.3 is 14.4 Å². The van der Waals surface area contributed by atoms with Gasteiger partial charge in [0.05, 0.1) is 5.56 Å². The maximum absolute atomic E-state index is 12.7. The summed E-state index contributed by atoms with van der Waals surface area (Å²) in [5.41, 5.74) is 4.25. The summed E-state index contributed by atoms with van der Waals surface area (Å²) in [4.78, 5) is 17.2. The Hall–Kier alpha value is -3.86. The van der Waals surface area contributed by atoms with E-state index in [1.165, 1.54) is 12.1 Å². The van der Waals surface area contributed by atoms with Crippen LogP contribution in [0.1, 0.15) is 15.9 Å². The van der Waals surface area contributed by atoms with Crippen molar-refractivity contribution in [3.8, 4) is 22.6 Å². The predicted molar refractivity (Wildman–Crippen MR) is 107 cm³/mol. The van der Waals surface area contributed by atoms with Crippen LogP contribution in [0.2, 0.25) is 0 Å². The standard InChI is InChI=1S/C23H16N2O3/c1-25-13-15(11-20-22(27)18-8-7-16(26)12-19(18)28-20)21-17(9-10-24-23(21)25)14-5-3-2-4-6-14/h2-13,26H,1H3. The summed E-state index contributed by atoms with van der Waals surface area (Å²) in [6, 6.07) is 16.6. The molecule has 5 rings (SSSR count). The molecule has 0 fully saturated rings. The topological polar surface area (TPSA) is 64.3 Å². The van der Waals surface area contributed by atoms with Crippen molar-refractivity contribution < 1.29 is 14.6 Å². The largest absolute Gasteiger partial charge is 0.508 e. The zero-order valence-electron chi connectivity index (χ0n) is 15.1. The highest BCUT2D eigenvalue weighted by atomic mass is 16.5. The number of hydrogen-bond donors (Lipinski definition) is 1. The van der Waals surface area contributed by atoms with Crippen LogP contribution < -0.4 is 4.74 Å². The molecule has 0 atom stereocenters. The van der Waals surface area contributed by atoms with Crippen LogP contribution in [-0.4, -0.2) is 20.4 Å². The van der Waals surface area contributed by atoms with E-state index >= 15 is 0 Å². The van der Waals surface area contributed by atoms with Crippen LogP contribution >= 0.6 is 0 Å². The summed E-state index contributed by atoms with van der Waals surface area (Å²) in [6.45, 7) is 0. The number of allylic oxidation sites excluding steroid dienone is 1. The van der Waals surface area contributed by atoms with Gasteiger partial charge in [0.1, 0.15) is 17.1 Å². The Balaban J connectivity index is 1.69. The summed E-state index contributed by atoms with van der Waals surface area (Å²) >= 11 is 0. The summed E-state index contributed by atoms with van der Waals surface area (Å²) in [7, 11) is 1.93. The Morgan fingerprint density at radius 2 is 1.89 bits per heavy atom. The number of pyridine rings is 1. The third kappa shape index (κ3) is 2.48. The zero-order chi connectivity index (χ0) is 19.3. The molecule has 2 aromatic heterocycles. The van der Waals surface area contributed by atoms with Crippen LogP contribution in [0, 0.1) is 0 Å². The molecule has 136 valence electrons. The number of aromatic nitrogens is 2. The summed E-state index contributed by atoms with van der Waals surface area (Å²) in [6.07, 6.45) is 5.47. The molecule has 4 aromatic rings. The van der Waals surface area contributed by atoms with Crippen LogP contribution in [-0.2, 0) is 7.05 Å². The molecule has 0 spiro atoms. The number of fused-ring (bicyclic) bond motifs is 2. The lowest BCUT2D eigenvalue weighted by Crippen LogP contribution is -1.98. The Bertz CT molecular complexity index is 1270. The van der Waals surface area contributed by atoms with E-state index in [2.05, 4.69) is 17.1 Å². The van der Waals surface area contributed by atoms with Gasteiger partial charge in [-0.25, -0.2) is 4.98 Å². The van der Waals surface area contributed by atoms with E-state index in [1.54, 1.807) is 18.3 Å². The number of carbonyl (C=O) groups excluding carboxylic acids is 1. The van der Waals surface area contributed by atoms with E-state index in [9.17, 15) is 9.90 Å². The Labute approximate surface area is 161 Å². The molecule has 0 saturated heterocycles. The zero-order valence-corrected chi connectivity index (χ0v) is 15.1. The fourth-order valence-corrected chi connectivity index (χ4v) is 3.62. The van der Waals surface area contributed by atoms with Crippen molar-refractivity contribution in [1.82, 2.24) is 9.55 Å². The molecule has 0 unspecified atom stereocenters. The summed E-state index contributed by atoms with van der Waals surface area (Å²) in [5.74, 6) is 0.472. The molecule has 0 bridgehead atoms. The predicted octanol–water partition coefficient (Wildman–Crippen LogP) is 4.56. The van der Waals surface area contributed by atoms with Crippen molar-refractivity contribution in [3.63, 3.8) is 0 Å². The number of hydrogen-bond acceptors (Lipinski definition) is 4. The lowest BCUT2D eigenvalue weighted by atomic mass is 10.0. The number of ketones is 1. The minimum Gasteiger partial charge on any atom is -0.508 e. The highest BCUT2D eigenvalue weighted by molar-refractivity contribution is 6.15. The maximum Gasteiger partial charge on any atom is 0.231 e. The monoisotopic (exact) mass is 368 g/mol. The van der Waals surface area contributed by atoms with E-state index < -0.39 is 0 Å². The van der Waals surface area contributed by atoms with Crippen molar-refractivity contribution in [2.45, 2.75) is 0 Å². The number of phenolic OH excluding ortho intramolecular Hbond substituents is 1. The normalized spacial score (nSPS) is 14.5. The number of carbonyl (C=O) groups is 1. The molecule has 2 aromatic carbocycles. The van der Waals surface area contributed by atoms with Crippen molar-refractivity contribution in [1.29, 1.82) is 0 Å². The average Bonchev–Trinajstić information content (AvgIpc) is 3.19. The molecule has 1 aliphatic rings. The molecular formula is C23H16N2O3. The average molecular weight is 368 g/mol. The van der Waals surface area contributed by atoms with Gasteiger partial charge in [0.25, 0.3) is 0 Å². The molecule has 0 amide bonds. The maximum atomic E-state index is 12.7. The van der Waals surface area contributed by atoms with E-state index in [0.717, 1.165) is 27.7 Å². The second kappa shape index (κ2) is 6.09. The van der Waals surface area contributed by atoms with Gasteiger partial charge in [0, 0.05) is 36.5 Å². The Kier molecular flexibility index (Phi) is 3.55. The fraction of sp³-hybridized carbons (Fsp3) is 0.0435. The Morgan fingerprint density at radius 3 is 2.71 bits per heavy atom. The number of rotatable bonds is 2. The minimum atomic E-state index is -0.197. The van der Waals surface area contributed by atoms with Crippen LogP contribution in [0.15, 0.2) is 72.8 Å². The molecule has 5 nitrogen and oxygen atoms in total. The Morgan fingerprint density at radius 1 is 1.07 bits per heavy atom. The molecule has 5 heteroatoms. The quantitative estimate of drug-likeness (QED) is 0.527. The third-order valence-corrected chi connectivity index (χ3v) is 4.91. The first kappa shape index (κ1) is 16.3. The highest BCUT2D eigenvalue weighted by Gasteiger charge is 2.28. The first-order valence-electron chi connectivity index (χ1n) is 8.88. The molecule has 0 saturated carbocycles. The van der Waals surface area contributed by atoms with Gasteiger partial charge in [-0.1, -0.05) is 30.3 Å².